The average molecular weight is 307 g/mol. The van der Waals surface area contributed by atoms with E-state index in [1.165, 1.54) is 18.2 Å². The van der Waals surface area contributed by atoms with Gasteiger partial charge in [0.25, 0.3) is 16.0 Å². The van der Waals surface area contributed by atoms with Crippen molar-refractivity contribution in [3.8, 4) is 0 Å². The maximum atomic E-state index is 12.0. The lowest BCUT2D eigenvalue weighted by Crippen LogP contribution is -2.13. The summed E-state index contributed by atoms with van der Waals surface area (Å²) < 4.78 is 31.4. The number of anilines is 3. The van der Waals surface area contributed by atoms with E-state index in [4.69, 9.17) is 16.0 Å². The normalized spacial score (nSPS) is 11.1. The molecular formula is C13H13N3O4S. The Labute approximate surface area is 121 Å². The number of hydrogen-bond acceptors (Lipinski definition) is 5. The smallest absolute Gasteiger partial charge is 0.296 e. The highest BCUT2D eigenvalue weighted by Gasteiger charge is 2.15. The summed E-state index contributed by atoms with van der Waals surface area (Å²) in [4.78, 5) is 11.5. The number of rotatable bonds is 3. The molecule has 0 bridgehead atoms. The van der Waals surface area contributed by atoms with Crippen LogP contribution in [0.15, 0.2) is 47.4 Å². The van der Waals surface area contributed by atoms with E-state index >= 15 is 0 Å². The Bertz CT molecular complexity index is 803. The average Bonchev–Trinajstić information content (AvgIpc) is 2.39. The lowest BCUT2D eigenvalue weighted by atomic mass is 10.2. The zero-order chi connectivity index (χ0) is 15.6. The Morgan fingerprint density at radius 1 is 1.10 bits per heavy atom. The lowest BCUT2D eigenvalue weighted by molar-refractivity contribution is 0.102. The van der Waals surface area contributed by atoms with Gasteiger partial charge >= 0.3 is 0 Å². The van der Waals surface area contributed by atoms with Crippen LogP contribution in [0.3, 0.4) is 0 Å². The summed E-state index contributed by atoms with van der Waals surface area (Å²) in [6, 6.07) is 10.1. The molecule has 0 aliphatic rings. The minimum atomic E-state index is -4.46. The summed E-state index contributed by atoms with van der Waals surface area (Å²) in [6.07, 6.45) is 0. The fourth-order valence-electron chi connectivity index (χ4n) is 1.72. The van der Waals surface area contributed by atoms with E-state index in [1.54, 1.807) is 18.2 Å². The SMILES string of the molecule is Nc1cccc(C(=O)Nc2ccc(N)c(S(=O)(=O)O)c2)c1. The first-order valence-corrected chi connectivity index (χ1v) is 7.25. The van der Waals surface area contributed by atoms with Gasteiger partial charge in [-0.15, -0.1) is 0 Å². The van der Waals surface area contributed by atoms with Crippen LogP contribution in [0, 0.1) is 0 Å². The van der Waals surface area contributed by atoms with Crippen molar-refractivity contribution in [3.63, 3.8) is 0 Å². The fraction of sp³-hybridized carbons (Fsp3) is 0. The lowest BCUT2D eigenvalue weighted by Gasteiger charge is -2.08. The maximum absolute atomic E-state index is 12.0. The Morgan fingerprint density at radius 3 is 2.43 bits per heavy atom. The van der Waals surface area contributed by atoms with Crippen molar-refractivity contribution in [1.82, 2.24) is 0 Å². The van der Waals surface area contributed by atoms with Crippen LogP contribution in [-0.2, 0) is 10.1 Å². The van der Waals surface area contributed by atoms with Crippen molar-refractivity contribution >= 4 is 33.1 Å². The summed E-state index contributed by atoms with van der Waals surface area (Å²) in [6.45, 7) is 0. The van der Waals surface area contributed by atoms with E-state index in [1.807, 2.05) is 0 Å². The van der Waals surface area contributed by atoms with Crippen molar-refractivity contribution in [1.29, 1.82) is 0 Å². The number of nitrogens with two attached hydrogens (primary N) is 2. The molecule has 0 aromatic heterocycles. The number of carbonyl (C=O) groups excluding carboxylic acids is 1. The molecule has 0 aliphatic heterocycles. The molecule has 2 aromatic rings. The van der Waals surface area contributed by atoms with Gasteiger partial charge in [0.15, 0.2) is 0 Å². The molecular weight excluding hydrogens is 294 g/mol. The molecule has 0 saturated heterocycles. The third-order valence-electron chi connectivity index (χ3n) is 2.70. The van der Waals surface area contributed by atoms with E-state index in [-0.39, 0.29) is 11.4 Å². The van der Waals surface area contributed by atoms with Gasteiger partial charge in [-0.1, -0.05) is 6.07 Å². The molecule has 0 heterocycles. The van der Waals surface area contributed by atoms with Crippen molar-refractivity contribution in [2.24, 2.45) is 0 Å². The van der Waals surface area contributed by atoms with Crippen LogP contribution in [0.4, 0.5) is 17.1 Å². The fourth-order valence-corrected chi connectivity index (χ4v) is 2.36. The van der Waals surface area contributed by atoms with E-state index in [2.05, 4.69) is 5.32 Å². The molecule has 0 spiro atoms. The predicted molar refractivity (Wildman–Crippen MR) is 79.5 cm³/mol. The van der Waals surface area contributed by atoms with Crippen LogP contribution < -0.4 is 16.8 Å². The standard InChI is InChI=1S/C13H13N3O4S/c14-9-3-1-2-8(6-9)13(17)16-10-4-5-11(15)12(7-10)21(18,19)20/h1-7H,14-15H2,(H,16,17)(H,18,19,20). The number of amides is 1. The molecule has 0 unspecified atom stereocenters. The monoisotopic (exact) mass is 307 g/mol. The zero-order valence-corrected chi connectivity index (χ0v) is 11.6. The van der Waals surface area contributed by atoms with E-state index < -0.39 is 20.9 Å². The summed E-state index contributed by atoms with van der Waals surface area (Å²) >= 11 is 0. The molecule has 8 heteroatoms. The van der Waals surface area contributed by atoms with Gasteiger partial charge in [0.2, 0.25) is 0 Å². The van der Waals surface area contributed by atoms with Crippen molar-refractivity contribution in [2.45, 2.75) is 4.90 Å². The first-order chi connectivity index (χ1) is 9.77. The Hall–Kier alpha value is -2.58. The highest BCUT2D eigenvalue weighted by atomic mass is 32.2. The van der Waals surface area contributed by atoms with Gasteiger partial charge in [-0.25, -0.2) is 0 Å². The number of carbonyl (C=O) groups is 1. The first-order valence-electron chi connectivity index (χ1n) is 5.81. The van der Waals surface area contributed by atoms with E-state index in [9.17, 15) is 13.2 Å². The van der Waals surface area contributed by atoms with Crippen LogP contribution in [-0.4, -0.2) is 18.9 Å². The van der Waals surface area contributed by atoms with Crippen LogP contribution in [0.1, 0.15) is 10.4 Å². The molecule has 110 valence electrons. The van der Waals surface area contributed by atoms with Crippen LogP contribution in [0.2, 0.25) is 0 Å². The number of nitrogen functional groups attached to an aromatic ring is 2. The van der Waals surface area contributed by atoms with Crippen LogP contribution in [0.25, 0.3) is 0 Å². The third-order valence-corrected chi connectivity index (χ3v) is 3.61. The van der Waals surface area contributed by atoms with Crippen molar-refractivity contribution in [2.75, 3.05) is 16.8 Å². The predicted octanol–water partition coefficient (Wildman–Crippen LogP) is 1.35. The third kappa shape index (κ3) is 3.50. The second-order valence-corrected chi connectivity index (χ2v) is 5.70. The van der Waals surface area contributed by atoms with E-state index in [0.717, 1.165) is 6.07 Å². The molecule has 1 amide bonds. The number of nitrogens with one attached hydrogen (secondary N) is 1. The van der Waals surface area contributed by atoms with Gasteiger partial charge < -0.3 is 16.8 Å². The van der Waals surface area contributed by atoms with Gasteiger partial charge in [0, 0.05) is 16.9 Å². The summed E-state index contributed by atoms with van der Waals surface area (Å²) in [7, 11) is -4.46. The van der Waals surface area contributed by atoms with Gasteiger partial charge in [-0.2, -0.15) is 8.42 Å². The van der Waals surface area contributed by atoms with Crippen molar-refractivity contribution in [3.05, 3.63) is 48.0 Å². The molecule has 2 aromatic carbocycles. The second-order valence-electron chi connectivity index (χ2n) is 4.31. The molecule has 21 heavy (non-hydrogen) atoms. The minimum absolute atomic E-state index is 0.112. The Morgan fingerprint density at radius 2 is 1.81 bits per heavy atom. The van der Waals surface area contributed by atoms with Gasteiger partial charge in [0.1, 0.15) is 4.90 Å². The molecule has 0 saturated carbocycles. The quantitative estimate of drug-likeness (QED) is 0.499. The van der Waals surface area contributed by atoms with Gasteiger partial charge in [0.05, 0.1) is 5.69 Å². The number of benzene rings is 2. The topological polar surface area (TPSA) is 136 Å². The Balaban J connectivity index is 2.30. The first kappa shape index (κ1) is 14.8. The molecule has 0 atom stereocenters. The van der Waals surface area contributed by atoms with Gasteiger partial charge in [-0.05, 0) is 36.4 Å². The van der Waals surface area contributed by atoms with E-state index in [0.29, 0.717) is 11.3 Å². The molecule has 0 radical (unpaired) electrons. The van der Waals surface area contributed by atoms with Crippen LogP contribution in [0.5, 0.6) is 0 Å². The van der Waals surface area contributed by atoms with Crippen LogP contribution >= 0.6 is 0 Å². The molecule has 2 rings (SSSR count). The van der Waals surface area contributed by atoms with Crippen molar-refractivity contribution < 1.29 is 17.8 Å². The zero-order valence-electron chi connectivity index (χ0n) is 10.8. The molecule has 0 aliphatic carbocycles. The van der Waals surface area contributed by atoms with Gasteiger partial charge in [-0.3, -0.25) is 9.35 Å². The molecule has 0 fully saturated rings. The highest BCUT2D eigenvalue weighted by molar-refractivity contribution is 7.86. The minimum Gasteiger partial charge on any atom is -0.399 e. The summed E-state index contributed by atoms with van der Waals surface area (Å²) in [5.74, 6) is -0.464. The Kier molecular flexibility index (Phi) is 3.83. The highest BCUT2D eigenvalue weighted by Crippen LogP contribution is 2.23. The summed E-state index contributed by atoms with van der Waals surface area (Å²) in [5.41, 5.74) is 11.9. The molecule has 7 nitrogen and oxygen atoms in total. The number of hydrogen-bond donors (Lipinski definition) is 4. The second kappa shape index (κ2) is 5.43. The largest absolute Gasteiger partial charge is 0.399 e. The summed E-state index contributed by atoms with van der Waals surface area (Å²) in [5, 5.41) is 2.50. The molecule has 6 N–H and O–H groups in total. The maximum Gasteiger partial charge on any atom is 0.296 e.